The van der Waals surface area contributed by atoms with Crippen molar-refractivity contribution >= 4 is 45.8 Å². The van der Waals surface area contributed by atoms with Crippen molar-refractivity contribution in [1.82, 2.24) is 0 Å². The predicted molar refractivity (Wildman–Crippen MR) is 23.5 cm³/mol. The van der Waals surface area contributed by atoms with Crippen molar-refractivity contribution in [3.8, 4) is 0 Å². The Hall–Kier alpha value is 4.82. The maximum Gasteiger partial charge on any atom is 4.00 e. The van der Waals surface area contributed by atoms with E-state index in [0.717, 1.165) is 0 Å². The van der Waals surface area contributed by atoms with Crippen LogP contribution in [0.2, 0.25) is 0 Å². The molecule has 0 aromatic carbocycles. The zero-order valence-electron chi connectivity index (χ0n) is 7.67. The van der Waals surface area contributed by atoms with E-state index >= 15 is 0 Å². The van der Waals surface area contributed by atoms with Crippen molar-refractivity contribution < 1.29 is 160 Å². The smallest absolute Gasteiger partial charge is 1.00 e. The van der Waals surface area contributed by atoms with Gasteiger partial charge in [-0.3, -0.25) is 0 Å². The number of rotatable bonds is 0. The first-order valence-corrected chi connectivity index (χ1v) is 9.55. The molecule has 0 aliphatic carbocycles. The van der Waals surface area contributed by atoms with Gasteiger partial charge in [-0.25, -0.2) is 0 Å². The van der Waals surface area contributed by atoms with Crippen LogP contribution in [0.25, 0.3) is 0 Å². The molecule has 0 N–H and O–H groups in total. The molecule has 0 saturated carbocycles. The van der Waals surface area contributed by atoms with E-state index in [0.29, 0.717) is 0 Å². The van der Waals surface area contributed by atoms with Gasteiger partial charge in [0.05, 0.1) is 0 Å². The molecular formula is H3As3K2O9Ti. The van der Waals surface area contributed by atoms with Gasteiger partial charge in [0.2, 0.25) is 0 Å². The van der Waals surface area contributed by atoms with E-state index in [4.69, 9.17) is 35.8 Å². The molecule has 9 nitrogen and oxygen atoms in total. The van der Waals surface area contributed by atoms with Crippen LogP contribution in [0.15, 0.2) is 0 Å². The van der Waals surface area contributed by atoms with Gasteiger partial charge >= 0.3 is 206 Å². The SMILES string of the molecule is O=[AsH]([O-])[O-].O=[AsH]([O-])[O-].O=[AsH]([O-])[O-].[K+].[K+].[Ti+4]. The summed E-state index contributed by atoms with van der Waals surface area (Å²) in [5, 5.41) is 0. The molecule has 0 atom stereocenters. The Morgan fingerprint density at radius 3 is 0.533 bits per heavy atom. The van der Waals surface area contributed by atoms with Crippen LogP contribution >= 0.6 is 0 Å². The average Bonchev–Trinajstić information content (AvgIpc) is 1.54. The van der Waals surface area contributed by atoms with Crippen LogP contribution < -0.4 is 127 Å². The molecule has 0 rings (SSSR count). The fraction of sp³-hybridized carbons (Fsp3) is 0. The molecule has 0 aliphatic rings. The molecule has 0 amide bonds. The Balaban J connectivity index is -0.0000000184. The molecule has 78 valence electrons. The minimum Gasteiger partial charge on any atom is 1.00 e. The van der Waals surface area contributed by atoms with Gasteiger partial charge in [-0.05, 0) is 0 Å². The summed E-state index contributed by atoms with van der Waals surface area (Å²) < 4.78 is 77.2. The summed E-state index contributed by atoms with van der Waals surface area (Å²) in [6, 6.07) is 0. The number of hydrogen-bond acceptors (Lipinski definition) is 9. The molecule has 0 heterocycles. The summed E-state index contributed by atoms with van der Waals surface area (Å²) in [7, 11) is 0. The second kappa shape index (κ2) is 31.3. The third-order valence-electron chi connectivity index (χ3n) is 0. The summed E-state index contributed by atoms with van der Waals surface area (Å²) in [5.74, 6) is 0. The quantitative estimate of drug-likeness (QED) is 0.292. The molecule has 0 unspecified atom stereocenters. The molecule has 0 aromatic rings. The summed E-state index contributed by atoms with van der Waals surface area (Å²) in [6.07, 6.45) is 0. The standard InChI is InChI=1S/3AsH3O3.2K.Ti/c3*2-1(3)4;;;/h3*1H,(H2,2,3,4);;;/q;;;2*+1;+4/p-6. The van der Waals surface area contributed by atoms with Crippen LogP contribution in [0.5, 0.6) is 0 Å². The van der Waals surface area contributed by atoms with Crippen LogP contribution in [0.4, 0.5) is 0 Å². The van der Waals surface area contributed by atoms with Gasteiger partial charge in [0.25, 0.3) is 0 Å². The summed E-state index contributed by atoms with van der Waals surface area (Å²) in [4.78, 5) is 0. The minimum absolute atomic E-state index is 0. The molecule has 0 spiro atoms. The Morgan fingerprint density at radius 2 is 0.533 bits per heavy atom. The van der Waals surface area contributed by atoms with E-state index in [9.17, 15) is 0 Å². The van der Waals surface area contributed by atoms with Crippen molar-refractivity contribution in [3.05, 3.63) is 0 Å². The zero-order valence-corrected chi connectivity index (χ0v) is 21.8. The van der Waals surface area contributed by atoms with E-state index in [1.807, 2.05) is 0 Å². The molecule has 0 saturated heterocycles. The van der Waals surface area contributed by atoms with Gasteiger partial charge in [-0.1, -0.05) is 0 Å². The van der Waals surface area contributed by atoms with Gasteiger partial charge in [-0.15, -0.1) is 0 Å². The van der Waals surface area contributed by atoms with Crippen molar-refractivity contribution in [2.24, 2.45) is 0 Å². The van der Waals surface area contributed by atoms with Crippen molar-refractivity contribution in [2.75, 3.05) is 0 Å². The third kappa shape index (κ3) is 229. The monoisotopic (exact) mass is 498 g/mol. The van der Waals surface area contributed by atoms with Gasteiger partial charge < -0.3 is 0 Å². The first kappa shape index (κ1) is 36.8. The predicted octanol–water partition coefficient (Wildman–Crippen LogP) is -15.4. The van der Waals surface area contributed by atoms with E-state index in [1.54, 1.807) is 0 Å². The van der Waals surface area contributed by atoms with Gasteiger partial charge in [0, 0.05) is 0 Å². The molecule has 0 bridgehead atoms. The molecule has 0 radical (unpaired) electrons. The first-order valence-electron chi connectivity index (χ1n) is 1.84. The van der Waals surface area contributed by atoms with E-state index < -0.39 is 45.8 Å². The largest absolute Gasteiger partial charge is 4.00 e. The normalized spacial score (nSPS) is 7.00. The van der Waals surface area contributed by atoms with Gasteiger partial charge in [0.1, 0.15) is 0 Å². The minimum atomic E-state index is -4.08. The second-order valence-electron chi connectivity index (χ2n) is 0.750. The van der Waals surface area contributed by atoms with Crippen molar-refractivity contribution in [2.45, 2.75) is 0 Å². The third-order valence-corrected chi connectivity index (χ3v) is 0. The van der Waals surface area contributed by atoms with Crippen LogP contribution in [-0.4, -0.2) is 45.8 Å². The van der Waals surface area contributed by atoms with Crippen LogP contribution in [0, 0.1) is 0 Å². The average molecular weight is 498 g/mol. The molecule has 0 aliphatic heterocycles. The fourth-order valence-corrected chi connectivity index (χ4v) is 0. The van der Waals surface area contributed by atoms with E-state index in [-0.39, 0.29) is 124 Å². The fourth-order valence-electron chi connectivity index (χ4n) is 0. The summed E-state index contributed by atoms with van der Waals surface area (Å²) >= 11 is -12.2. The zero-order chi connectivity index (χ0) is 10.7. The van der Waals surface area contributed by atoms with E-state index in [2.05, 4.69) is 0 Å². The first-order chi connectivity index (χ1) is 5.20. The van der Waals surface area contributed by atoms with Gasteiger partial charge in [0.15, 0.2) is 0 Å². The molecule has 0 aromatic heterocycles. The van der Waals surface area contributed by atoms with Crippen LogP contribution in [0.3, 0.4) is 0 Å². The van der Waals surface area contributed by atoms with Crippen LogP contribution in [-0.2, 0) is 32.9 Å². The van der Waals surface area contributed by atoms with E-state index in [1.165, 1.54) is 0 Å². The van der Waals surface area contributed by atoms with Crippen molar-refractivity contribution in [1.29, 1.82) is 0 Å². The topological polar surface area (TPSA) is 190 Å². The molecule has 15 heavy (non-hydrogen) atoms. The summed E-state index contributed by atoms with van der Waals surface area (Å²) in [6.45, 7) is 0. The Labute approximate surface area is 200 Å². The van der Waals surface area contributed by atoms with Crippen LogP contribution in [0.1, 0.15) is 0 Å². The summed E-state index contributed by atoms with van der Waals surface area (Å²) in [5.41, 5.74) is 0. The van der Waals surface area contributed by atoms with Crippen molar-refractivity contribution in [3.63, 3.8) is 0 Å². The second-order valence-corrected chi connectivity index (χ2v) is 3.90. The maximum atomic E-state index is 8.58. The maximum absolute atomic E-state index is 8.58. The number of hydrogen-bond donors (Lipinski definition) is 0. The molecule has 0 fully saturated rings. The molecule has 15 heteroatoms. The van der Waals surface area contributed by atoms with Gasteiger partial charge in [-0.2, -0.15) is 0 Å². The Bertz CT molecular complexity index is 121. The molecular weight excluding hydrogens is 495 g/mol. The Morgan fingerprint density at radius 1 is 0.533 bits per heavy atom. The Kier molecular flexibility index (Phi) is 76.7.